The molecule has 0 saturated carbocycles. The van der Waals surface area contributed by atoms with Gasteiger partial charge >= 0.3 is 5.97 Å². The largest absolute Gasteiger partial charge is 0.481 e. The lowest BCUT2D eigenvalue weighted by molar-refractivity contribution is -0.136. The highest BCUT2D eigenvalue weighted by atomic mass is 16.4. The van der Waals surface area contributed by atoms with Crippen molar-refractivity contribution in [2.75, 3.05) is 0 Å². The second kappa shape index (κ2) is 3.44. The molecule has 0 amide bonds. The summed E-state index contributed by atoms with van der Waals surface area (Å²) < 4.78 is 5.26. The summed E-state index contributed by atoms with van der Waals surface area (Å²) >= 11 is 0. The van der Waals surface area contributed by atoms with Gasteiger partial charge in [0.05, 0.1) is 5.69 Å². The summed E-state index contributed by atoms with van der Waals surface area (Å²) in [4.78, 5) is 14.8. The molecule has 0 aliphatic carbocycles. The Morgan fingerprint density at radius 3 is 2.50 bits per heavy atom. The SMILES string of the molecule is Cc1nc(C(C)(C)C)c(CC(=O)O)o1. The fourth-order valence-corrected chi connectivity index (χ4v) is 1.31. The molecule has 4 nitrogen and oxygen atoms in total. The predicted octanol–water partition coefficient (Wildman–Crippen LogP) is 1.91. The third-order valence-electron chi connectivity index (χ3n) is 1.83. The fraction of sp³-hybridized carbons (Fsp3) is 0.600. The van der Waals surface area contributed by atoms with Crippen molar-refractivity contribution in [2.45, 2.75) is 39.5 Å². The van der Waals surface area contributed by atoms with Gasteiger partial charge in [0.25, 0.3) is 0 Å². The highest BCUT2D eigenvalue weighted by Crippen LogP contribution is 2.26. The zero-order valence-electron chi connectivity index (χ0n) is 8.92. The number of oxazole rings is 1. The number of hydrogen-bond donors (Lipinski definition) is 1. The Hall–Kier alpha value is -1.32. The first kappa shape index (κ1) is 10.8. The van der Waals surface area contributed by atoms with E-state index in [1.165, 1.54) is 0 Å². The van der Waals surface area contributed by atoms with E-state index in [9.17, 15) is 4.79 Å². The van der Waals surface area contributed by atoms with E-state index >= 15 is 0 Å². The summed E-state index contributed by atoms with van der Waals surface area (Å²) in [6.07, 6.45) is -0.104. The average Bonchev–Trinajstić information content (AvgIpc) is 2.28. The molecule has 1 rings (SSSR count). The summed E-state index contributed by atoms with van der Waals surface area (Å²) in [5, 5.41) is 8.68. The Morgan fingerprint density at radius 2 is 2.07 bits per heavy atom. The van der Waals surface area contributed by atoms with Gasteiger partial charge < -0.3 is 9.52 Å². The molecular weight excluding hydrogens is 182 g/mol. The zero-order valence-corrected chi connectivity index (χ0v) is 8.92. The van der Waals surface area contributed by atoms with Crippen molar-refractivity contribution in [1.82, 2.24) is 4.98 Å². The van der Waals surface area contributed by atoms with Crippen LogP contribution in [0.1, 0.15) is 38.1 Å². The van der Waals surface area contributed by atoms with Gasteiger partial charge in [0.2, 0.25) is 0 Å². The van der Waals surface area contributed by atoms with E-state index in [4.69, 9.17) is 9.52 Å². The third-order valence-corrected chi connectivity index (χ3v) is 1.83. The molecule has 0 unspecified atom stereocenters. The van der Waals surface area contributed by atoms with E-state index in [1.807, 2.05) is 20.8 Å². The Morgan fingerprint density at radius 1 is 1.50 bits per heavy atom. The fourth-order valence-electron chi connectivity index (χ4n) is 1.31. The predicted molar refractivity (Wildman–Crippen MR) is 51.3 cm³/mol. The van der Waals surface area contributed by atoms with Gasteiger partial charge in [0, 0.05) is 12.3 Å². The maximum atomic E-state index is 10.6. The normalized spacial score (nSPS) is 11.7. The van der Waals surface area contributed by atoms with E-state index in [0.29, 0.717) is 11.7 Å². The average molecular weight is 197 g/mol. The number of carbonyl (C=O) groups is 1. The van der Waals surface area contributed by atoms with Gasteiger partial charge in [0.15, 0.2) is 5.89 Å². The molecule has 4 heteroatoms. The molecule has 0 bridgehead atoms. The molecule has 0 aliphatic heterocycles. The van der Waals surface area contributed by atoms with Crippen LogP contribution in [0.4, 0.5) is 0 Å². The smallest absolute Gasteiger partial charge is 0.311 e. The Bertz CT molecular complexity index is 347. The molecule has 0 aliphatic rings. The van der Waals surface area contributed by atoms with Crippen molar-refractivity contribution >= 4 is 5.97 Å². The number of hydrogen-bond acceptors (Lipinski definition) is 3. The van der Waals surface area contributed by atoms with Gasteiger partial charge in [-0.2, -0.15) is 0 Å². The molecule has 0 aromatic carbocycles. The maximum Gasteiger partial charge on any atom is 0.311 e. The van der Waals surface area contributed by atoms with E-state index in [1.54, 1.807) is 6.92 Å². The highest BCUT2D eigenvalue weighted by Gasteiger charge is 2.24. The number of aromatic nitrogens is 1. The van der Waals surface area contributed by atoms with Crippen LogP contribution in [0.5, 0.6) is 0 Å². The van der Waals surface area contributed by atoms with Crippen LogP contribution in [0, 0.1) is 6.92 Å². The first-order valence-corrected chi connectivity index (χ1v) is 4.49. The number of carboxylic acid groups (broad SMARTS) is 1. The Kier molecular flexibility index (Phi) is 2.64. The van der Waals surface area contributed by atoms with Crippen LogP contribution in [-0.2, 0) is 16.6 Å². The topological polar surface area (TPSA) is 63.3 Å². The van der Waals surface area contributed by atoms with Crippen LogP contribution in [0.15, 0.2) is 4.42 Å². The second-order valence-electron chi connectivity index (χ2n) is 4.33. The maximum absolute atomic E-state index is 10.6. The molecule has 0 fully saturated rings. The Balaban J connectivity index is 3.09. The summed E-state index contributed by atoms with van der Waals surface area (Å²) in [7, 11) is 0. The van der Waals surface area contributed by atoms with Crippen molar-refractivity contribution in [3.05, 3.63) is 17.3 Å². The summed E-state index contributed by atoms with van der Waals surface area (Å²) in [5.74, 6) is 0.0836. The van der Waals surface area contributed by atoms with Crippen molar-refractivity contribution in [3.63, 3.8) is 0 Å². The minimum absolute atomic E-state index is 0.104. The van der Waals surface area contributed by atoms with E-state index < -0.39 is 5.97 Å². The Labute approximate surface area is 83.0 Å². The summed E-state index contributed by atoms with van der Waals surface area (Å²) in [5.41, 5.74) is 0.556. The lowest BCUT2D eigenvalue weighted by Crippen LogP contribution is -2.15. The molecule has 1 N–H and O–H groups in total. The van der Waals surface area contributed by atoms with Crippen molar-refractivity contribution in [2.24, 2.45) is 0 Å². The van der Waals surface area contributed by atoms with Gasteiger partial charge in [-0.3, -0.25) is 4.79 Å². The monoisotopic (exact) mass is 197 g/mol. The van der Waals surface area contributed by atoms with Crippen LogP contribution in [0.3, 0.4) is 0 Å². The number of carboxylic acids is 1. The highest BCUT2D eigenvalue weighted by molar-refractivity contribution is 5.69. The van der Waals surface area contributed by atoms with E-state index in [2.05, 4.69) is 4.98 Å². The van der Waals surface area contributed by atoms with Crippen molar-refractivity contribution in [3.8, 4) is 0 Å². The van der Waals surface area contributed by atoms with Crippen molar-refractivity contribution in [1.29, 1.82) is 0 Å². The molecule has 1 aromatic rings. The molecule has 0 spiro atoms. The van der Waals surface area contributed by atoms with Crippen LogP contribution in [0.25, 0.3) is 0 Å². The van der Waals surface area contributed by atoms with Gasteiger partial charge in [-0.15, -0.1) is 0 Å². The molecule has 0 atom stereocenters. The zero-order chi connectivity index (χ0) is 10.9. The second-order valence-corrected chi connectivity index (χ2v) is 4.33. The van der Waals surface area contributed by atoms with Crippen LogP contribution in [-0.4, -0.2) is 16.1 Å². The van der Waals surface area contributed by atoms with E-state index in [-0.39, 0.29) is 11.8 Å². The lowest BCUT2D eigenvalue weighted by atomic mass is 9.90. The summed E-state index contributed by atoms with van der Waals surface area (Å²) in [6.45, 7) is 7.67. The molecule has 14 heavy (non-hydrogen) atoms. The first-order valence-electron chi connectivity index (χ1n) is 4.49. The number of nitrogens with zero attached hydrogens (tertiary/aromatic N) is 1. The lowest BCUT2D eigenvalue weighted by Gasteiger charge is -2.15. The van der Waals surface area contributed by atoms with Gasteiger partial charge in [-0.25, -0.2) is 4.98 Å². The van der Waals surface area contributed by atoms with E-state index in [0.717, 1.165) is 5.69 Å². The quantitative estimate of drug-likeness (QED) is 0.786. The number of aryl methyl sites for hydroxylation is 1. The van der Waals surface area contributed by atoms with Gasteiger partial charge in [-0.05, 0) is 0 Å². The molecule has 1 aromatic heterocycles. The molecule has 1 heterocycles. The minimum atomic E-state index is -0.897. The molecular formula is C10H15NO3. The first-order chi connectivity index (χ1) is 6.30. The summed E-state index contributed by atoms with van der Waals surface area (Å²) in [6, 6.07) is 0. The minimum Gasteiger partial charge on any atom is -0.481 e. The number of aliphatic carboxylic acids is 1. The van der Waals surface area contributed by atoms with Gasteiger partial charge in [0.1, 0.15) is 12.2 Å². The molecule has 0 radical (unpaired) electrons. The number of rotatable bonds is 2. The van der Waals surface area contributed by atoms with Gasteiger partial charge in [-0.1, -0.05) is 20.8 Å². The van der Waals surface area contributed by atoms with Crippen molar-refractivity contribution < 1.29 is 14.3 Å². The molecule has 0 saturated heterocycles. The molecule has 78 valence electrons. The van der Waals surface area contributed by atoms with Crippen LogP contribution in [0.2, 0.25) is 0 Å². The van der Waals surface area contributed by atoms with Crippen LogP contribution < -0.4 is 0 Å². The third kappa shape index (κ3) is 2.34. The standard InChI is InChI=1S/C10H15NO3/c1-6-11-9(10(2,3)4)7(14-6)5-8(12)13/h5H2,1-4H3,(H,12,13). The van der Waals surface area contributed by atoms with Crippen LogP contribution >= 0.6 is 0 Å².